The standard InChI is InChI=1S/C16H15FN2O4S2/c1-8-13(9-2-4-10(17)5-3-9)14(15(18)23)16(25-8)19-11(20)6-24-7-12(21)22/h2-5H,6-7H2,1H3,(H2,18,23)(H,19,20)(H,21,22). The predicted octanol–water partition coefficient (Wildman–Crippen LogP) is 2.72. The number of amides is 2. The zero-order valence-electron chi connectivity index (χ0n) is 13.2. The number of thioether (sulfide) groups is 1. The minimum atomic E-state index is -1.01. The molecule has 2 aromatic rings. The number of benzene rings is 1. The summed E-state index contributed by atoms with van der Waals surface area (Å²) in [5, 5.41) is 11.5. The van der Waals surface area contributed by atoms with Crippen molar-refractivity contribution in [1.29, 1.82) is 0 Å². The third-order valence-corrected chi connectivity index (χ3v) is 5.11. The fraction of sp³-hybridized carbons (Fsp3) is 0.188. The second-order valence-corrected chi connectivity index (χ2v) is 7.25. The van der Waals surface area contributed by atoms with Crippen molar-refractivity contribution in [3.8, 4) is 11.1 Å². The Kier molecular flexibility index (Phi) is 6.16. The molecule has 1 aromatic carbocycles. The van der Waals surface area contributed by atoms with Crippen LogP contribution in [0.2, 0.25) is 0 Å². The molecule has 132 valence electrons. The Bertz CT molecular complexity index is 818. The summed E-state index contributed by atoms with van der Waals surface area (Å²) in [6.07, 6.45) is 0. The lowest BCUT2D eigenvalue weighted by Crippen LogP contribution is -2.19. The number of nitrogens with two attached hydrogens (primary N) is 1. The topological polar surface area (TPSA) is 109 Å². The molecule has 6 nitrogen and oxygen atoms in total. The second kappa shape index (κ2) is 8.13. The van der Waals surface area contributed by atoms with Gasteiger partial charge in [0.05, 0.1) is 17.1 Å². The molecular weight excluding hydrogens is 367 g/mol. The van der Waals surface area contributed by atoms with E-state index in [1.165, 1.54) is 35.6 Å². The Morgan fingerprint density at radius 3 is 2.44 bits per heavy atom. The monoisotopic (exact) mass is 382 g/mol. The van der Waals surface area contributed by atoms with Crippen LogP contribution in [0.3, 0.4) is 0 Å². The molecule has 0 bridgehead atoms. The average Bonchev–Trinajstić information content (AvgIpc) is 2.84. The Labute approximate surface area is 151 Å². The van der Waals surface area contributed by atoms with Gasteiger partial charge in [-0.25, -0.2) is 4.39 Å². The number of nitrogens with one attached hydrogen (secondary N) is 1. The molecule has 1 aromatic heterocycles. The van der Waals surface area contributed by atoms with Gasteiger partial charge >= 0.3 is 5.97 Å². The van der Waals surface area contributed by atoms with Crippen LogP contribution in [0.5, 0.6) is 0 Å². The Morgan fingerprint density at radius 2 is 1.88 bits per heavy atom. The van der Waals surface area contributed by atoms with Gasteiger partial charge in [0.15, 0.2) is 0 Å². The van der Waals surface area contributed by atoms with Crippen molar-refractivity contribution in [2.75, 3.05) is 16.8 Å². The van der Waals surface area contributed by atoms with Gasteiger partial charge in [-0.1, -0.05) is 12.1 Å². The molecule has 0 atom stereocenters. The normalized spacial score (nSPS) is 10.5. The zero-order valence-corrected chi connectivity index (χ0v) is 14.8. The molecule has 0 saturated carbocycles. The van der Waals surface area contributed by atoms with Gasteiger partial charge in [-0.3, -0.25) is 14.4 Å². The number of aryl methyl sites for hydroxylation is 1. The number of halogens is 1. The van der Waals surface area contributed by atoms with Gasteiger partial charge in [0.25, 0.3) is 5.91 Å². The van der Waals surface area contributed by atoms with Crippen LogP contribution in [0.1, 0.15) is 15.2 Å². The molecule has 0 unspecified atom stereocenters. The van der Waals surface area contributed by atoms with Crippen LogP contribution in [-0.4, -0.2) is 34.4 Å². The van der Waals surface area contributed by atoms with E-state index < -0.39 is 23.6 Å². The number of carboxylic acid groups (broad SMARTS) is 1. The lowest BCUT2D eigenvalue weighted by molar-refractivity contribution is -0.133. The minimum Gasteiger partial charge on any atom is -0.481 e. The number of aliphatic carboxylic acids is 1. The van der Waals surface area contributed by atoms with Crippen molar-refractivity contribution in [3.05, 3.63) is 40.5 Å². The maximum atomic E-state index is 13.1. The van der Waals surface area contributed by atoms with Gasteiger partial charge in [0, 0.05) is 10.4 Å². The summed E-state index contributed by atoms with van der Waals surface area (Å²) >= 11 is 2.13. The Morgan fingerprint density at radius 1 is 1.24 bits per heavy atom. The van der Waals surface area contributed by atoms with Gasteiger partial charge in [-0.15, -0.1) is 23.1 Å². The number of anilines is 1. The number of thiophene rings is 1. The third-order valence-electron chi connectivity index (χ3n) is 3.18. The summed E-state index contributed by atoms with van der Waals surface area (Å²) in [5.74, 6) is -2.81. The summed E-state index contributed by atoms with van der Waals surface area (Å²) in [5.41, 5.74) is 6.79. The average molecular weight is 382 g/mol. The number of carboxylic acids is 1. The fourth-order valence-corrected chi connectivity index (χ4v) is 3.86. The second-order valence-electron chi connectivity index (χ2n) is 5.04. The predicted molar refractivity (Wildman–Crippen MR) is 96.6 cm³/mol. The van der Waals surface area contributed by atoms with Crippen molar-refractivity contribution in [3.63, 3.8) is 0 Å². The first kappa shape index (κ1) is 18.9. The van der Waals surface area contributed by atoms with Gasteiger partial charge in [0.1, 0.15) is 10.8 Å². The van der Waals surface area contributed by atoms with E-state index in [1.54, 1.807) is 6.92 Å². The summed E-state index contributed by atoms with van der Waals surface area (Å²) in [4.78, 5) is 35.1. The summed E-state index contributed by atoms with van der Waals surface area (Å²) in [7, 11) is 0. The first-order valence-corrected chi connectivity index (χ1v) is 9.05. The summed E-state index contributed by atoms with van der Waals surface area (Å²) < 4.78 is 13.1. The molecule has 4 N–H and O–H groups in total. The SMILES string of the molecule is Cc1sc(NC(=O)CSCC(=O)O)c(C(N)=O)c1-c1ccc(F)cc1. The van der Waals surface area contributed by atoms with E-state index in [4.69, 9.17) is 10.8 Å². The van der Waals surface area contributed by atoms with E-state index in [-0.39, 0.29) is 17.1 Å². The minimum absolute atomic E-state index is 0.0622. The van der Waals surface area contributed by atoms with E-state index >= 15 is 0 Å². The highest BCUT2D eigenvalue weighted by atomic mass is 32.2. The first-order valence-electron chi connectivity index (χ1n) is 7.08. The molecule has 25 heavy (non-hydrogen) atoms. The molecule has 0 aliphatic carbocycles. The lowest BCUT2D eigenvalue weighted by Gasteiger charge is -2.07. The van der Waals surface area contributed by atoms with Crippen LogP contribution >= 0.6 is 23.1 Å². The van der Waals surface area contributed by atoms with E-state index in [2.05, 4.69) is 5.32 Å². The van der Waals surface area contributed by atoms with Gasteiger partial charge in [0.2, 0.25) is 5.91 Å². The molecule has 2 rings (SSSR count). The van der Waals surface area contributed by atoms with Crippen LogP contribution in [-0.2, 0) is 9.59 Å². The molecule has 0 fully saturated rings. The maximum Gasteiger partial charge on any atom is 0.313 e. The Balaban J connectivity index is 2.29. The van der Waals surface area contributed by atoms with Crippen molar-refractivity contribution in [1.82, 2.24) is 0 Å². The number of hydrogen-bond acceptors (Lipinski definition) is 5. The van der Waals surface area contributed by atoms with Crippen molar-refractivity contribution in [2.24, 2.45) is 5.73 Å². The van der Waals surface area contributed by atoms with Gasteiger partial charge in [-0.05, 0) is 24.6 Å². The van der Waals surface area contributed by atoms with Crippen LogP contribution in [0.15, 0.2) is 24.3 Å². The van der Waals surface area contributed by atoms with Crippen LogP contribution in [0, 0.1) is 12.7 Å². The molecule has 0 spiro atoms. The van der Waals surface area contributed by atoms with E-state index in [1.807, 2.05) is 0 Å². The largest absolute Gasteiger partial charge is 0.481 e. The molecule has 1 heterocycles. The fourth-order valence-electron chi connectivity index (χ4n) is 2.23. The maximum absolute atomic E-state index is 13.1. The third kappa shape index (κ3) is 4.80. The zero-order chi connectivity index (χ0) is 18.6. The highest BCUT2D eigenvalue weighted by Gasteiger charge is 2.22. The summed E-state index contributed by atoms with van der Waals surface area (Å²) in [6, 6.07) is 5.62. The van der Waals surface area contributed by atoms with E-state index in [0.29, 0.717) is 16.1 Å². The smallest absolute Gasteiger partial charge is 0.313 e. The number of carbonyl (C=O) groups excluding carboxylic acids is 2. The number of hydrogen-bond donors (Lipinski definition) is 3. The van der Waals surface area contributed by atoms with Crippen LogP contribution < -0.4 is 11.1 Å². The highest BCUT2D eigenvalue weighted by Crippen LogP contribution is 2.39. The van der Waals surface area contributed by atoms with Crippen LogP contribution in [0.4, 0.5) is 9.39 Å². The number of carbonyl (C=O) groups is 3. The van der Waals surface area contributed by atoms with Crippen molar-refractivity contribution >= 4 is 45.9 Å². The quantitative estimate of drug-likeness (QED) is 0.682. The molecular formula is C16H15FN2O4S2. The van der Waals surface area contributed by atoms with Gasteiger partial charge in [-0.2, -0.15) is 0 Å². The van der Waals surface area contributed by atoms with E-state index in [9.17, 15) is 18.8 Å². The first-order chi connectivity index (χ1) is 11.8. The number of rotatable bonds is 7. The van der Waals surface area contributed by atoms with Crippen LogP contribution in [0.25, 0.3) is 11.1 Å². The summed E-state index contributed by atoms with van der Waals surface area (Å²) in [6.45, 7) is 1.77. The lowest BCUT2D eigenvalue weighted by atomic mass is 10.0. The van der Waals surface area contributed by atoms with E-state index in [0.717, 1.165) is 16.6 Å². The Hall–Kier alpha value is -2.39. The molecule has 0 saturated heterocycles. The molecule has 2 amide bonds. The molecule has 0 radical (unpaired) electrons. The highest BCUT2D eigenvalue weighted by molar-refractivity contribution is 8.00. The number of primary amides is 1. The molecule has 0 aliphatic heterocycles. The van der Waals surface area contributed by atoms with Crippen molar-refractivity contribution < 1.29 is 23.9 Å². The molecule has 9 heteroatoms. The molecule has 0 aliphatic rings. The van der Waals surface area contributed by atoms with Gasteiger partial charge < -0.3 is 16.2 Å². The van der Waals surface area contributed by atoms with Crippen molar-refractivity contribution in [2.45, 2.75) is 6.92 Å².